The average Bonchev–Trinajstić information content (AvgIpc) is 3.16. The second kappa shape index (κ2) is 17.3. The van der Waals surface area contributed by atoms with Crippen LogP contribution in [0.3, 0.4) is 0 Å². The summed E-state index contributed by atoms with van der Waals surface area (Å²) in [5, 5.41) is 10.2. The summed E-state index contributed by atoms with van der Waals surface area (Å²) >= 11 is 0. The van der Waals surface area contributed by atoms with Gasteiger partial charge in [0.15, 0.2) is 0 Å². The van der Waals surface area contributed by atoms with Crippen molar-refractivity contribution in [3.8, 4) is 0 Å². The van der Waals surface area contributed by atoms with E-state index in [4.69, 9.17) is 10.4 Å². The summed E-state index contributed by atoms with van der Waals surface area (Å²) < 4.78 is 0. The van der Waals surface area contributed by atoms with Crippen molar-refractivity contribution in [3.63, 3.8) is 0 Å². The third-order valence-corrected chi connectivity index (χ3v) is 6.78. The van der Waals surface area contributed by atoms with E-state index < -0.39 is 23.7 Å². The molecule has 11 heteroatoms. The molecule has 1 unspecified atom stereocenters. The summed E-state index contributed by atoms with van der Waals surface area (Å²) in [7, 11) is 0. The monoisotopic (exact) mass is 556 g/mol. The molecule has 0 spiro atoms. The zero-order valence-corrected chi connectivity index (χ0v) is 24.1. The van der Waals surface area contributed by atoms with Gasteiger partial charge in [0.1, 0.15) is 0 Å². The maximum Gasteiger partial charge on any atom is 0.333 e. The fourth-order valence-corrected chi connectivity index (χ4v) is 4.35. The van der Waals surface area contributed by atoms with Crippen LogP contribution in [0.25, 0.3) is 10.4 Å². The molecule has 1 aliphatic rings. The Bertz CT molecular complexity index is 1030. The molecule has 40 heavy (non-hydrogen) atoms. The molecule has 3 amide bonds. The van der Waals surface area contributed by atoms with Gasteiger partial charge in [0, 0.05) is 43.8 Å². The number of hydroxylamine groups is 2. The van der Waals surface area contributed by atoms with Crippen molar-refractivity contribution in [2.24, 2.45) is 11.0 Å². The van der Waals surface area contributed by atoms with Crippen molar-refractivity contribution in [2.45, 2.75) is 96.9 Å². The molecule has 1 atom stereocenters. The predicted molar refractivity (Wildman–Crippen MR) is 151 cm³/mol. The first-order valence-electron chi connectivity index (χ1n) is 14.3. The lowest BCUT2D eigenvalue weighted by atomic mass is 9.87. The molecule has 220 valence electrons. The van der Waals surface area contributed by atoms with Crippen molar-refractivity contribution in [3.05, 3.63) is 45.8 Å². The summed E-state index contributed by atoms with van der Waals surface area (Å²) in [5.41, 5.74) is 11.0. The van der Waals surface area contributed by atoms with Crippen LogP contribution in [0.15, 0.2) is 29.4 Å². The number of carbonyl (C=O) groups is 4. The maximum atomic E-state index is 12.5. The van der Waals surface area contributed by atoms with Crippen molar-refractivity contribution in [1.29, 1.82) is 0 Å². The van der Waals surface area contributed by atoms with Gasteiger partial charge >= 0.3 is 5.97 Å². The lowest BCUT2D eigenvalue weighted by Gasteiger charge is -2.19. The van der Waals surface area contributed by atoms with Gasteiger partial charge in [-0.2, -0.15) is 0 Å². The summed E-state index contributed by atoms with van der Waals surface area (Å²) in [6.07, 6.45) is 5.49. The van der Waals surface area contributed by atoms with Crippen LogP contribution in [0.5, 0.6) is 0 Å². The SMILES string of the molecule is CC(C)(C)c1ccc(CNCCCCCCNC(=O)CC2CC(=O)N(OC(=O)CCCCCN=[N+]=[N-])C2=O)cc1. The van der Waals surface area contributed by atoms with Gasteiger partial charge in [-0.1, -0.05) is 69.4 Å². The molecule has 0 radical (unpaired) electrons. The number of carbonyl (C=O) groups excluding carboxylic acids is 4. The maximum absolute atomic E-state index is 12.5. The molecule has 2 N–H and O–H groups in total. The molecule has 0 bridgehead atoms. The van der Waals surface area contributed by atoms with Crippen LogP contribution in [0.2, 0.25) is 0 Å². The highest BCUT2D eigenvalue weighted by Gasteiger charge is 2.42. The molecule has 1 aromatic rings. The molecule has 2 rings (SSSR count). The minimum Gasteiger partial charge on any atom is -0.356 e. The standard InChI is InChI=1S/C29H44N6O5/c1-29(2,3)24-14-12-22(13-15-24)21-31-16-8-4-5-9-17-32-25(36)19-23-20-26(37)35(28(23)39)40-27(38)11-7-6-10-18-33-34-30/h12-15,23,31H,4-11,16-21H2,1-3H3,(H,32,36). The molecule has 1 fully saturated rings. The third kappa shape index (κ3) is 12.2. The van der Waals surface area contributed by atoms with Crippen molar-refractivity contribution < 1.29 is 24.0 Å². The van der Waals surface area contributed by atoms with E-state index in [1.54, 1.807) is 0 Å². The number of azide groups is 1. The minimum atomic E-state index is -0.820. The van der Waals surface area contributed by atoms with Crippen molar-refractivity contribution >= 4 is 23.7 Å². The van der Waals surface area contributed by atoms with Crippen LogP contribution in [-0.2, 0) is 36.0 Å². The zero-order valence-electron chi connectivity index (χ0n) is 24.1. The van der Waals surface area contributed by atoms with E-state index in [0.717, 1.165) is 38.8 Å². The predicted octanol–water partition coefficient (Wildman–Crippen LogP) is 4.84. The van der Waals surface area contributed by atoms with E-state index in [9.17, 15) is 19.2 Å². The number of nitrogens with zero attached hydrogens (tertiary/aromatic N) is 4. The summed E-state index contributed by atoms with van der Waals surface area (Å²) in [4.78, 5) is 56.5. The van der Waals surface area contributed by atoms with Crippen LogP contribution in [0.1, 0.15) is 96.1 Å². The Labute approximate surface area is 237 Å². The van der Waals surface area contributed by atoms with E-state index in [1.165, 1.54) is 11.1 Å². The first kappa shape index (κ1) is 32.8. The molecular weight excluding hydrogens is 512 g/mol. The highest BCUT2D eigenvalue weighted by atomic mass is 16.7. The smallest absolute Gasteiger partial charge is 0.333 e. The number of imide groups is 1. The van der Waals surface area contributed by atoms with Gasteiger partial charge in [0.25, 0.3) is 11.8 Å². The summed E-state index contributed by atoms with van der Waals surface area (Å²) in [6, 6.07) is 8.74. The normalized spacial score (nSPS) is 15.2. The Morgan fingerprint density at radius 3 is 2.38 bits per heavy atom. The molecule has 1 aromatic carbocycles. The number of rotatable bonds is 18. The van der Waals surface area contributed by atoms with Gasteiger partial charge in [-0.25, -0.2) is 4.79 Å². The van der Waals surface area contributed by atoms with E-state index in [1.807, 2.05) is 0 Å². The van der Waals surface area contributed by atoms with Crippen LogP contribution in [0.4, 0.5) is 0 Å². The Hall–Kier alpha value is -3.43. The van der Waals surface area contributed by atoms with Crippen LogP contribution < -0.4 is 10.6 Å². The van der Waals surface area contributed by atoms with Crippen LogP contribution in [-0.4, -0.2) is 48.4 Å². The van der Waals surface area contributed by atoms with Gasteiger partial charge in [-0.3, -0.25) is 14.4 Å². The zero-order chi connectivity index (χ0) is 29.4. The molecule has 11 nitrogen and oxygen atoms in total. The first-order chi connectivity index (χ1) is 19.1. The largest absolute Gasteiger partial charge is 0.356 e. The molecule has 0 aromatic heterocycles. The van der Waals surface area contributed by atoms with E-state index in [2.05, 4.69) is 65.7 Å². The van der Waals surface area contributed by atoms with Crippen LogP contribution in [0, 0.1) is 5.92 Å². The average molecular weight is 557 g/mol. The van der Waals surface area contributed by atoms with Crippen molar-refractivity contribution in [2.75, 3.05) is 19.6 Å². The van der Waals surface area contributed by atoms with Gasteiger partial charge < -0.3 is 15.5 Å². The van der Waals surface area contributed by atoms with Crippen molar-refractivity contribution in [1.82, 2.24) is 15.7 Å². The van der Waals surface area contributed by atoms with E-state index >= 15 is 0 Å². The summed E-state index contributed by atoms with van der Waals surface area (Å²) in [5.74, 6) is -3.07. The number of amides is 3. The molecule has 0 saturated carbocycles. The fraction of sp³-hybridized carbons (Fsp3) is 0.655. The topological polar surface area (TPSA) is 154 Å². The highest BCUT2D eigenvalue weighted by molar-refractivity contribution is 6.04. The van der Waals surface area contributed by atoms with Gasteiger partial charge in [-0.15, -0.1) is 5.06 Å². The lowest BCUT2D eigenvalue weighted by Crippen LogP contribution is -2.34. The molecule has 1 aliphatic heterocycles. The van der Waals surface area contributed by atoms with E-state index in [-0.39, 0.29) is 30.6 Å². The Kier molecular flexibility index (Phi) is 14.2. The lowest BCUT2D eigenvalue weighted by molar-refractivity contribution is -0.198. The van der Waals surface area contributed by atoms with Gasteiger partial charge in [0.2, 0.25) is 5.91 Å². The molecular formula is C29H44N6O5. The minimum absolute atomic E-state index is 0.0417. The highest BCUT2D eigenvalue weighted by Crippen LogP contribution is 2.24. The number of benzene rings is 1. The Morgan fingerprint density at radius 2 is 1.70 bits per heavy atom. The number of unbranched alkanes of at least 4 members (excludes halogenated alkanes) is 5. The fourth-order valence-electron chi connectivity index (χ4n) is 4.35. The molecule has 0 aliphatic carbocycles. The second-order valence-electron chi connectivity index (χ2n) is 11.2. The Balaban J connectivity index is 1.52. The number of hydrogen-bond acceptors (Lipinski definition) is 7. The number of nitrogens with one attached hydrogen (secondary N) is 2. The Morgan fingerprint density at radius 1 is 1.02 bits per heavy atom. The van der Waals surface area contributed by atoms with Gasteiger partial charge in [0.05, 0.1) is 5.92 Å². The van der Waals surface area contributed by atoms with Gasteiger partial charge in [-0.05, 0) is 54.3 Å². The van der Waals surface area contributed by atoms with E-state index in [0.29, 0.717) is 37.4 Å². The molecule has 1 saturated heterocycles. The number of hydrogen-bond donors (Lipinski definition) is 2. The van der Waals surface area contributed by atoms with Crippen LogP contribution >= 0.6 is 0 Å². The quantitative estimate of drug-likeness (QED) is 0.0867. The second-order valence-corrected chi connectivity index (χ2v) is 11.2. The summed E-state index contributed by atoms with van der Waals surface area (Å²) in [6.45, 7) is 9.28. The first-order valence-corrected chi connectivity index (χ1v) is 14.3. The molecule has 1 heterocycles. The third-order valence-electron chi connectivity index (χ3n) is 6.78.